The minimum Gasteiger partial charge on any atom is -0.475 e. The number of carboxylic acid groups (broad SMARTS) is 1. The molecule has 2 aliphatic heterocycles. The lowest BCUT2D eigenvalue weighted by molar-refractivity contribution is -0.192. The quantitative estimate of drug-likeness (QED) is 0.637. The van der Waals surface area contributed by atoms with Crippen LogP contribution in [0.2, 0.25) is 0 Å². The third-order valence-corrected chi connectivity index (χ3v) is 6.54. The summed E-state index contributed by atoms with van der Waals surface area (Å²) in [6.07, 6.45) is 1.56. The normalized spacial score (nSPS) is 22.6. The molecule has 0 radical (unpaired) electrons. The van der Waals surface area contributed by atoms with Crippen LogP contribution in [0.25, 0.3) is 0 Å². The lowest BCUT2D eigenvalue weighted by atomic mass is 10.0. The SMILES string of the molecule is O=C(O)C(F)(F)F.O=c1c(=O)n2c(nn1C1CCCC1)COC1(CCN(Cc3ccccn3)C1)C2. The van der Waals surface area contributed by atoms with E-state index in [2.05, 4.69) is 15.0 Å². The zero-order valence-electron chi connectivity index (χ0n) is 18.9. The second-order valence-corrected chi connectivity index (χ2v) is 9.05. The number of halogens is 3. The fourth-order valence-corrected chi connectivity index (χ4v) is 4.80. The fourth-order valence-electron chi connectivity index (χ4n) is 4.80. The van der Waals surface area contributed by atoms with Gasteiger partial charge in [0.2, 0.25) is 0 Å². The van der Waals surface area contributed by atoms with E-state index in [0.717, 1.165) is 57.4 Å². The summed E-state index contributed by atoms with van der Waals surface area (Å²) in [4.78, 5) is 41.0. The van der Waals surface area contributed by atoms with Crippen LogP contribution in [0, 0.1) is 0 Å². The highest BCUT2D eigenvalue weighted by Crippen LogP contribution is 2.32. The molecule has 2 aromatic rings. The van der Waals surface area contributed by atoms with E-state index in [1.807, 2.05) is 18.2 Å². The molecule has 10 nitrogen and oxygen atoms in total. The van der Waals surface area contributed by atoms with Gasteiger partial charge < -0.3 is 9.84 Å². The Morgan fingerprint density at radius 3 is 2.51 bits per heavy atom. The molecule has 0 aromatic carbocycles. The average Bonchev–Trinajstić information content (AvgIpc) is 3.48. The summed E-state index contributed by atoms with van der Waals surface area (Å²) >= 11 is 0. The van der Waals surface area contributed by atoms with Crippen LogP contribution in [0.15, 0.2) is 34.0 Å². The highest BCUT2D eigenvalue weighted by molar-refractivity contribution is 5.73. The van der Waals surface area contributed by atoms with E-state index in [9.17, 15) is 22.8 Å². The van der Waals surface area contributed by atoms with E-state index in [1.54, 1.807) is 10.8 Å². The van der Waals surface area contributed by atoms with Crippen molar-refractivity contribution < 1.29 is 27.8 Å². The molecule has 1 saturated heterocycles. The minimum atomic E-state index is -5.08. The Hall–Kier alpha value is -3.06. The topological polar surface area (TPSA) is 120 Å². The molecule has 1 aliphatic carbocycles. The first-order valence-corrected chi connectivity index (χ1v) is 11.4. The molecule has 2 aromatic heterocycles. The van der Waals surface area contributed by atoms with Gasteiger partial charge in [0.1, 0.15) is 12.2 Å². The third-order valence-electron chi connectivity index (χ3n) is 6.54. The van der Waals surface area contributed by atoms with Crippen LogP contribution in [0.4, 0.5) is 13.2 Å². The van der Waals surface area contributed by atoms with Crippen molar-refractivity contribution in [2.75, 3.05) is 13.1 Å². The van der Waals surface area contributed by atoms with Crippen LogP contribution in [0.5, 0.6) is 0 Å². The Balaban J connectivity index is 0.000000364. The van der Waals surface area contributed by atoms with Crippen molar-refractivity contribution >= 4 is 5.97 Å². The maximum absolute atomic E-state index is 12.8. The third kappa shape index (κ3) is 5.61. The Morgan fingerprint density at radius 1 is 1.17 bits per heavy atom. The van der Waals surface area contributed by atoms with E-state index >= 15 is 0 Å². The summed E-state index contributed by atoms with van der Waals surface area (Å²) in [6.45, 7) is 3.04. The second-order valence-electron chi connectivity index (χ2n) is 9.05. The van der Waals surface area contributed by atoms with Crippen molar-refractivity contribution in [3.63, 3.8) is 0 Å². The monoisotopic (exact) mass is 497 g/mol. The van der Waals surface area contributed by atoms with Crippen LogP contribution in [-0.4, -0.2) is 60.2 Å². The zero-order valence-corrected chi connectivity index (χ0v) is 18.9. The van der Waals surface area contributed by atoms with Gasteiger partial charge >= 0.3 is 23.3 Å². The number of carboxylic acids is 1. The minimum absolute atomic E-state index is 0.0577. The number of alkyl halides is 3. The maximum Gasteiger partial charge on any atom is 0.490 e. The van der Waals surface area contributed by atoms with Gasteiger partial charge in [0, 0.05) is 25.8 Å². The van der Waals surface area contributed by atoms with E-state index in [0.29, 0.717) is 12.4 Å². The van der Waals surface area contributed by atoms with Gasteiger partial charge in [0.15, 0.2) is 5.82 Å². The molecule has 1 unspecified atom stereocenters. The lowest BCUT2D eigenvalue weighted by Gasteiger charge is -2.35. The van der Waals surface area contributed by atoms with E-state index in [1.165, 1.54) is 4.68 Å². The molecule has 1 saturated carbocycles. The summed E-state index contributed by atoms with van der Waals surface area (Å²) in [7, 11) is 0. The predicted octanol–water partition coefficient (Wildman–Crippen LogP) is 1.72. The Bertz CT molecular complexity index is 1180. The highest BCUT2D eigenvalue weighted by atomic mass is 19.4. The smallest absolute Gasteiger partial charge is 0.475 e. The van der Waals surface area contributed by atoms with Crippen LogP contribution in [0.3, 0.4) is 0 Å². The number of aromatic nitrogens is 4. The molecule has 0 amide bonds. The van der Waals surface area contributed by atoms with Crippen molar-refractivity contribution in [3.8, 4) is 0 Å². The molecule has 1 atom stereocenters. The summed E-state index contributed by atoms with van der Waals surface area (Å²) in [6, 6.07) is 5.97. The van der Waals surface area contributed by atoms with Gasteiger partial charge in [-0.3, -0.25) is 24.0 Å². The molecule has 0 bridgehead atoms. The molecule has 1 spiro atoms. The molecule has 35 heavy (non-hydrogen) atoms. The molecule has 2 fully saturated rings. The van der Waals surface area contributed by atoms with Gasteiger partial charge in [-0.25, -0.2) is 9.48 Å². The zero-order chi connectivity index (χ0) is 25.2. The number of nitrogens with zero attached hydrogens (tertiary/aromatic N) is 5. The molecular formula is C22H26F3N5O5. The second kappa shape index (κ2) is 9.90. The highest BCUT2D eigenvalue weighted by Gasteiger charge is 2.43. The fraction of sp³-hybridized carbons (Fsp3) is 0.591. The van der Waals surface area contributed by atoms with Gasteiger partial charge in [0.25, 0.3) is 0 Å². The van der Waals surface area contributed by atoms with Crippen molar-refractivity contribution in [2.24, 2.45) is 0 Å². The molecule has 1 N–H and O–H groups in total. The van der Waals surface area contributed by atoms with Crippen molar-refractivity contribution in [2.45, 2.75) is 69.6 Å². The number of aliphatic carboxylic acids is 1. The summed E-state index contributed by atoms with van der Waals surface area (Å²) in [5, 5.41) is 11.6. The molecule has 190 valence electrons. The van der Waals surface area contributed by atoms with Crippen molar-refractivity contribution in [1.82, 2.24) is 24.2 Å². The van der Waals surface area contributed by atoms with E-state index in [4.69, 9.17) is 14.6 Å². The molecular weight excluding hydrogens is 471 g/mol. The molecule has 13 heteroatoms. The van der Waals surface area contributed by atoms with Gasteiger partial charge in [-0.1, -0.05) is 18.9 Å². The first kappa shape index (κ1) is 25.0. The number of carbonyl (C=O) groups is 1. The maximum atomic E-state index is 12.8. The first-order valence-electron chi connectivity index (χ1n) is 11.4. The largest absolute Gasteiger partial charge is 0.490 e. The van der Waals surface area contributed by atoms with E-state index in [-0.39, 0.29) is 12.6 Å². The summed E-state index contributed by atoms with van der Waals surface area (Å²) < 4.78 is 40.9. The number of rotatable bonds is 3. The van der Waals surface area contributed by atoms with Crippen LogP contribution in [-0.2, 0) is 29.2 Å². The number of ether oxygens (including phenoxy) is 1. The number of likely N-dealkylation sites (tertiary alicyclic amines) is 1. The average molecular weight is 497 g/mol. The van der Waals surface area contributed by atoms with Gasteiger partial charge in [-0.05, 0) is 31.4 Å². The molecule has 4 heterocycles. The van der Waals surface area contributed by atoms with Gasteiger partial charge in [0.05, 0.1) is 18.3 Å². The Morgan fingerprint density at radius 2 is 1.89 bits per heavy atom. The van der Waals surface area contributed by atoms with Crippen LogP contribution < -0.4 is 11.1 Å². The Kier molecular flexibility index (Phi) is 7.08. The van der Waals surface area contributed by atoms with Crippen molar-refractivity contribution in [3.05, 3.63) is 56.6 Å². The van der Waals surface area contributed by atoms with Gasteiger partial charge in [-0.2, -0.15) is 18.3 Å². The standard InChI is InChI=1S/C20H25N5O3.C2HF3O2/c26-18-19(27)25(16-6-1-2-7-16)22-17-12-28-20(14-24(17)18)8-10-23(13-20)11-15-5-3-4-9-21-15;3-2(4,5)1(6)7/h3-5,9,16H,1-2,6-8,10-14H2;(H,6,7). The summed E-state index contributed by atoms with van der Waals surface area (Å²) in [5.74, 6) is -2.18. The Labute approximate surface area is 198 Å². The number of hydrogen-bond donors (Lipinski definition) is 1. The number of pyridine rings is 1. The number of fused-ring (bicyclic) bond motifs is 1. The number of hydrogen-bond acceptors (Lipinski definition) is 7. The lowest BCUT2D eigenvalue weighted by Crippen LogP contribution is -2.53. The molecule has 5 rings (SSSR count). The van der Waals surface area contributed by atoms with Crippen molar-refractivity contribution in [1.29, 1.82) is 0 Å². The van der Waals surface area contributed by atoms with E-state index < -0.39 is 28.9 Å². The van der Waals surface area contributed by atoms with Gasteiger partial charge in [-0.15, -0.1) is 0 Å². The van der Waals surface area contributed by atoms with Crippen LogP contribution in [0.1, 0.15) is 49.7 Å². The van der Waals surface area contributed by atoms with Crippen LogP contribution >= 0.6 is 0 Å². The first-order chi connectivity index (χ1) is 16.6. The molecule has 3 aliphatic rings. The summed E-state index contributed by atoms with van der Waals surface area (Å²) in [5.41, 5.74) is -0.355. The predicted molar refractivity (Wildman–Crippen MR) is 116 cm³/mol.